The van der Waals surface area contributed by atoms with Crippen molar-refractivity contribution < 1.29 is 64.2 Å². The van der Waals surface area contributed by atoms with E-state index in [1.54, 1.807) is 0 Å². The molecule has 2 saturated heterocycles. The van der Waals surface area contributed by atoms with Gasteiger partial charge >= 0.3 is 5.97 Å². The number of aliphatic hydroxyl groups is 3. The Morgan fingerprint density at radius 2 is 1.58 bits per heavy atom. The van der Waals surface area contributed by atoms with Crippen molar-refractivity contribution in [3.8, 4) is 28.7 Å². The first-order valence-corrected chi connectivity index (χ1v) is 10.9. The van der Waals surface area contributed by atoms with Crippen LogP contribution in [-0.2, 0) is 18.9 Å². The van der Waals surface area contributed by atoms with Gasteiger partial charge in [-0.15, -0.1) is 0 Å². The third-order valence-electron chi connectivity index (χ3n) is 5.99. The van der Waals surface area contributed by atoms with Crippen LogP contribution in [0.5, 0.6) is 28.7 Å². The number of hydrogen-bond donors (Lipinski definition) is 7. The van der Waals surface area contributed by atoms with E-state index in [-0.39, 0.29) is 17.1 Å². The zero-order valence-corrected chi connectivity index (χ0v) is 18.9. The van der Waals surface area contributed by atoms with E-state index in [2.05, 4.69) is 0 Å². The van der Waals surface area contributed by atoms with Gasteiger partial charge < -0.3 is 59.4 Å². The molecule has 13 nitrogen and oxygen atoms in total. The number of aromatic hydroxyl groups is 4. The minimum atomic E-state index is -1.56. The summed E-state index contributed by atoms with van der Waals surface area (Å²) in [7, 11) is 1.37. The first-order chi connectivity index (χ1) is 17.1. The number of benzene rings is 2. The first kappa shape index (κ1) is 25.8. The molecule has 2 fully saturated rings. The molecule has 7 atom stereocenters. The van der Waals surface area contributed by atoms with Crippen LogP contribution in [-0.4, -0.2) is 98.8 Å². The van der Waals surface area contributed by atoms with Crippen molar-refractivity contribution in [3.63, 3.8) is 0 Å². The minimum absolute atomic E-state index is 0.108. The van der Waals surface area contributed by atoms with Crippen molar-refractivity contribution in [1.82, 2.24) is 0 Å². The van der Waals surface area contributed by atoms with Gasteiger partial charge in [-0.05, 0) is 29.8 Å². The van der Waals surface area contributed by atoms with E-state index in [9.17, 15) is 40.5 Å². The number of carbonyl (C=O) groups excluding carboxylic acids is 1. The molecule has 4 rings (SSSR count). The van der Waals surface area contributed by atoms with Crippen LogP contribution >= 0.6 is 0 Å². The highest BCUT2D eigenvalue weighted by Crippen LogP contribution is 2.40. The van der Waals surface area contributed by atoms with Crippen LogP contribution < -0.4 is 4.74 Å². The molecule has 2 aromatic rings. The molecule has 7 N–H and O–H groups in total. The Bertz CT molecular complexity index is 1080. The summed E-state index contributed by atoms with van der Waals surface area (Å²) in [6.07, 6.45) is -8.61. The van der Waals surface area contributed by atoms with Gasteiger partial charge in [0.15, 0.2) is 35.0 Å². The lowest BCUT2D eigenvalue weighted by Gasteiger charge is -2.48. The second-order valence-corrected chi connectivity index (χ2v) is 8.30. The molecular weight excluding hydrogens is 484 g/mol. The van der Waals surface area contributed by atoms with Crippen LogP contribution in [0.2, 0.25) is 0 Å². The number of aliphatic hydroxyl groups excluding tert-OH is 3. The molecule has 2 aromatic carbocycles. The molecule has 0 bridgehead atoms. The van der Waals surface area contributed by atoms with Gasteiger partial charge in [-0.1, -0.05) is 6.07 Å². The molecule has 0 radical (unpaired) electrons. The third-order valence-corrected chi connectivity index (χ3v) is 5.99. The van der Waals surface area contributed by atoms with Crippen LogP contribution in [0.4, 0.5) is 0 Å². The molecular formula is C23H26O13. The average molecular weight is 510 g/mol. The molecule has 0 aliphatic carbocycles. The largest absolute Gasteiger partial charge is 0.504 e. The second-order valence-electron chi connectivity index (χ2n) is 8.30. The topological polar surface area (TPSA) is 205 Å². The molecule has 0 saturated carbocycles. The summed E-state index contributed by atoms with van der Waals surface area (Å²) in [5.41, 5.74) is 0.191. The Kier molecular flexibility index (Phi) is 7.40. The molecule has 0 spiro atoms. The normalized spacial score (nSPS) is 29.8. The van der Waals surface area contributed by atoms with Gasteiger partial charge in [-0.25, -0.2) is 4.79 Å². The number of phenols is 4. The predicted molar refractivity (Wildman–Crippen MR) is 117 cm³/mol. The maximum Gasteiger partial charge on any atom is 0.338 e. The van der Waals surface area contributed by atoms with E-state index >= 15 is 0 Å². The fraction of sp³-hybridized carbons (Fsp3) is 0.435. The number of ether oxygens (including phenoxy) is 5. The third kappa shape index (κ3) is 4.84. The van der Waals surface area contributed by atoms with Crippen LogP contribution in [0.25, 0.3) is 0 Å². The molecule has 2 aliphatic heterocycles. The number of phenolic OH excluding ortho intramolecular Hbond substituents is 4. The van der Waals surface area contributed by atoms with Crippen molar-refractivity contribution in [3.05, 3.63) is 41.5 Å². The van der Waals surface area contributed by atoms with E-state index in [4.69, 9.17) is 23.7 Å². The highest BCUT2D eigenvalue weighted by Gasteiger charge is 2.52. The number of carbonyl (C=O) groups is 1. The van der Waals surface area contributed by atoms with Crippen LogP contribution in [0.15, 0.2) is 30.3 Å². The number of rotatable bonds is 6. The first-order valence-electron chi connectivity index (χ1n) is 10.9. The molecule has 0 aromatic heterocycles. The van der Waals surface area contributed by atoms with Crippen molar-refractivity contribution in [1.29, 1.82) is 0 Å². The SMILES string of the molecule is COc1cc([C@H]2O[C@H]3[C@@H](O[C@H](COC(=O)c4cc(O)c(O)c(O)c4)[C@@H](O)[C@@H]3O)O[C@@H]2CO)ccc1O. The van der Waals surface area contributed by atoms with Crippen molar-refractivity contribution >= 4 is 5.97 Å². The fourth-order valence-corrected chi connectivity index (χ4v) is 4.06. The Balaban J connectivity index is 1.45. The molecule has 13 heteroatoms. The molecule has 196 valence electrons. The van der Waals surface area contributed by atoms with Gasteiger partial charge in [0.2, 0.25) is 0 Å². The molecule has 0 amide bonds. The van der Waals surface area contributed by atoms with Gasteiger partial charge in [0.1, 0.15) is 43.2 Å². The molecule has 2 heterocycles. The highest BCUT2D eigenvalue weighted by atomic mass is 16.7. The summed E-state index contributed by atoms with van der Waals surface area (Å²) in [6, 6.07) is 6.15. The lowest BCUT2D eigenvalue weighted by atomic mass is 9.95. The van der Waals surface area contributed by atoms with Gasteiger partial charge in [0, 0.05) is 0 Å². The number of methoxy groups -OCH3 is 1. The van der Waals surface area contributed by atoms with Crippen LogP contribution in [0.3, 0.4) is 0 Å². The Hall–Kier alpha value is -3.33. The average Bonchev–Trinajstić information content (AvgIpc) is 2.87. The number of esters is 1. The van der Waals surface area contributed by atoms with Gasteiger partial charge in [-0.3, -0.25) is 0 Å². The van der Waals surface area contributed by atoms with Gasteiger partial charge in [0.25, 0.3) is 0 Å². The highest BCUT2D eigenvalue weighted by molar-refractivity contribution is 5.91. The monoisotopic (exact) mass is 510 g/mol. The summed E-state index contributed by atoms with van der Waals surface area (Å²) in [4.78, 5) is 12.3. The fourth-order valence-electron chi connectivity index (χ4n) is 4.06. The van der Waals surface area contributed by atoms with Gasteiger partial charge in [-0.2, -0.15) is 0 Å². The quantitative estimate of drug-likeness (QED) is 0.196. The van der Waals surface area contributed by atoms with E-state index in [0.717, 1.165) is 12.1 Å². The number of fused-ring (bicyclic) bond motifs is 1. The number of hydrogen-bond acceptors (Lipinski definition) is 13. The smallest absolute Gasteiger partial charge is 0.338 e. The predicted octanol–water partition coefficient (Wildman–Crippen LogP) is -0.361. The minimum Gasteiger partial charge on any atom is -0.504 e. The van der Waals surface area contributed by atoms with E-state index in [1.807, 2.05) is 0 Å². The van der Waals surface area contributed by atoms with Crippen LogP contribution in [0.1, 0.15) is 22.0 Å². The Morgan fingerprint density at radius 1 is 0.917 bits per heavy atom. The summed E-state index contributed by atoms with van der Waals surface area (Å²) in [5.74, 6) is -3.24. The maximum absolute atomic E-state index is 12.3. The van der Waals surface area contributed by atoms with Gasteiger partial charge in [0.05, 0.1) is 19.3 Å². The van der Waals surface area contributed by atoms with E-state index < -0.39 is 79.3 Å². The lowest BCUT2D eigenvalue weighted by Crippen LogP contribution is -2.64. The molecule has 36 heavy (non-hydrogen) atoms. The zero-order chi connectivity index (χ0) is 26.1. The summed E-state index contributed by atoms with van der Waals surface area (Å²) in [5, 5.41) is 69.5. The Labute approximate surface area is 204 Å². The Morgan fingerprint density at radius 3 is 2.22 bits per heavy atom. The summed E-state index contributed by atoms with van der Waals surface area (Å²) < 4.78 is 27.6. The van der Waals surface area contributed by atoms with Crippen molar-refractivity contribution in [2.24, 2.45) is 0 Å². The van der Waals surface area contributed by atoms with Crippen molar-refractivity contribution in [2.75, 3.05) is 20.3 Å². The standard InChI is InChI=1S/C23H26O13/c1-32-14-6-9(2-3-11(14)25)20-15(7-24)34-23-21(36-20)19(30)18(29)16(35-23)8-33-22(31)10-4-12(26)17(28)13(27)5-10/h2-6,15-16,18-21,23-30H,7-8H2,1H3/t15-,16-,18-,19+,20-,21-,23-/m1/s1. The van der Waals surface area contributed by atoms with E-state index in [0.29, 0.717) is 5.56 Å². The summed E-state index contributed by atoms with van der Waals surface area (Å²) >= 11 is 0. The maximum atomic E-state index is 12.3. The zero-order valence-electron chi connectivity index (χ0n) is 18.9. The van der Waals surface area contributed by atoms with Crippen molar-refractivity contribution in [2.45, 2.75) is 42.9 Å². The molecule has 0 unspecified atom stereocenters. The van der Waals surface area contributed by atoms with E-state index in [1.165, 1.54) is 25.3 Å². The van der Waals surface area contributed by atoms with Crippen LogP contribution in [0, 0.1) is 0 Å². The lowest BCUT2D eigenvalue weighted by molar-refractivity contribution is -0.370. The second kappa shape index (κ2) is 10.3. The summed E-state index contributed by atoms with van der Waals surface area (Å²) in [6.45, 7) is -1.04. The molecule has 2 aliphatic rings.